The summed E-state index contributed by atoms with van der Waals surface area (Å²) in [5.41, 5.74) is 5.57. The normalized spacial score (nSPS) is 12.1. The second-order valence-electron chi connectivity index (χ2n) is 12.4. The summed E-state index contributed by atoms with van der Waals surface area (Å²) in [6, 6.07) is 38.4. The van der Waals surface area contributed by atoms with Crippen molar-refractivity contribution < 1.29 is 37.9 Å². The van der Waals surface area contributed by atoms with Gasteiger partial charge in [-0.25, -0.2) is 18.6 Å². The molecule has 0 spiro atoms. The molecule has 1 amide bonds. The van der Waals surface area contributed by atoms with Crippen molar-refractivity contribution in [3.8, 4) is 22.3 Å². The minimum atomic E-state index is -3.63. The topological polar surface area (TPSA) is 155 Å². The third kappa shape index (κ3) is 8.73. The van der Waals surface area contributed by atoms with Crippen LogP contribution in [0.1, 0.15) is 31.1 Å². The number of anilines is 2. The van der Waals surface area contributed by atoms with E-state index in [0.29, 0.717) is 46.5 Å². The van der Waals surface area contributed by atoms with Crippen molar-refractivity contribution in [3.63, 3.8) is 0 Å². The van der Waals surface area contributed by atoms with Crippen LogP contribution in [0.25, 0.3) is 33.0 Å². The van der Waals surface area contributed by atoms with E-state index in [4.69, 9.17) is 14.2 Å². The van der Waals surface area contributed by atoms with E-state index in [1.807, 2.05) is 36.4 Å². The fourth-order valence-corrected chi connectivity index (χ4v) is 7.63. The van der Waals surface area contributed by atoms with Gasteiger partial charge in [0.2, 0.25) is 0 Å². The van der Waals surface area contributed by atoms with Gasteiger partial charge in [-0.15, -0.1) is 0 Å². The monoisotopic (exact) mass is 757 g/mol. The molecular formula is C43H39N3O8S. The number of carbonyl (C=O) groups is 3. The molecule has 1 unspecified atom stereocenters. The fraction of sp³-hybridized carbons (Fsp3) is 0.140. The van der Waals surface area contributed by atoms with Gasteiger partial charge >= 0.3 is 11.9 Å². The average molecular weight is 758 g/mol. The molecule has 6 aromatic rings. The Morgan fingerprint density at radius 2 is 1.22 bits per heavy atom. The van der Waals surface area contributed by atoms with Gasteiger partial charge in [0.05, 0.1) is 55.2 Å². The molecule has 0 aliphatic heterocycles. The Morgan fingerprint density at radius 3 is 1.78 bits per heavy atom. The molecular weight excluding hydrogens is 719 g/mol. The number of nitrogens with one attached hydrogen (secondary N) is 2. The summed E-state index contributed by atoms with van der Waals surface area (Å²) in [4.78, 5) is 37.0. The van der Waals surface area contributed by atoms with Crippen LogP contribution in [0, 0.1) is 4.78 Å². The van der Waals surface area contributed by atoms with E-state index in [-0.39, 0.29) is 29.5 Å². The molecule has 0 fully saturated rings. The number of carboxylic acid groups (broad SMARTS) is 1. The van der Waals surface area contributed by atoms with Gasteiger partial charge in [-0.1, -0.05) is 72.8 Å². The zero-order valence-corrected chi connectivity index (χ0v) is 31.0. The van der Waals surface area contributed by atoms with Crippen molar-refractivity contribution in [2.45, 2.75) is 4.90 Å². The number of carbonyl (C=O) groups excluding carboxylic acids is 2. The van der Waals surface area contributed by atoms with Crippen LogP contribution in [0.15, 0.2) is 138 Å². The molecule has 0 saturated heterocycles. The number of benzene rings is 6. The van der Waals surface area contributed by atoms with Crippen molar-refractivity contribution >= 4 is 49.9 Å². The lowest BCUT2D eigenvalue weighted by atomic mass is 10.0. The van der Waals surface area contributed by atoms with Gasteiger partial charge in [-0.2, -0.15) is 0 Å². The number of ether oxygens (including phenoxy) is 3. The summed E-state index contributed by atoms with van der Waals surface area (Å²) >= 11 is 0. The Morgan fingerprint density at radius 1 is 0.673 bits per heavy atom. The van der Waals surface area contributed by atoms with E-state index < -0.39 is 21.9 Å². The molecule has 1 atom stereocenters. The number of rotatable bonds is 15. The third-order valence-corrected chi connectivity index (χ3v) is 10.9. The molecule has 0 heterocycles. The highest BCUT2D eigenvalue weighted by atomic mass is 32.2. The van der Waals surface area contributed by atoms with Crippen LogP contribution in [-0.4, -0.2) is 67.7 Å². The zero-order valence-electron chi connectivity index (χ0n) is 30.2. The lowest BCUT2D eigenvalue weighted by molar-refractivity contribution is 0.0599. The van der Waals surface area contributed by atoms with Crippen LogP contribution in [0.2, 0.25) is 0 Å². The number of carboxylic acids is 1. The molecule has 0 aromatic heterocycles. The number of amides is 1. The third-order valence-electron chi connectivity index (χ3n) is 9.02. The van der Waals surface area contributed by atoms with Crippen LogP contribution in [-0.2, 0) is 24.1 Å². The summed E-state index contributed by atoms with van der Waals surface area (Å²) in [7, 11) is -0.726. The standard InChI is InChI=1S/C43H39N3O8S/c1-52-27-28-54-26-25-46(40-24-23-39(42(48)49)37-5-3-4-6-38(37)40)55(44,51)36-21-17-32(18-22-36)31-15-19-35(20-16-31)45-41(47)33-11-7-29(8-12-33)30-9-13-34(14-10-30)43(50)53-2/h3-24,44H,25-28H2,1-2H3,(H,45,47)(H,48,49). The highest BCUT2D eigenvalue weighted by Crippen LogP contribution is 2.34. The van der Waals surface area contributed by atoms with Gasteiger partial charge in [-0.05, 0) is 88.3 Å². The predicted octanol–water partition coefficient (Wildman–Crippen LogP) is 8.40. The van der Waals surface area contributed by atoms with E-state index >= 15 is 0 Å². The molecule has 0 bridgehead atoms. The van der Waals surface area contributed by atoms with E-state index in [0.717, 1.165) is 22.3 Å². The number of esters is 1. The average Bonchev–Trinajstić information content (AvgIpc) is 3.22. The molecule has 0 aliphatic rings. The van der Waals surface area contributed by atoms with Crippen LogP contribution in [0.3, 0.4) is 0 Å². The Balaban J connectivity index is 1.16. The van der Waals surface area contributed by atoms with Crippen molar-refractivity contribution in [2.75, 3.05) is 50.2 Å². The Labute approximate surface area is 319 Å². The Bertz CT molecular complexity index is 2420. The first-order chi connectivity index (χ1) is 26.6. The van der Waals surface area contributed by atoms with Crippen LogP contribution < -0.4 is 9.62 Å². The molecule has 6 aromatic carbocycles. The molecule has 280 valence electrons. The van der Waals surface area contributed by atoms with E-state index in [9.17, 15) is 28.5 Å². The van der Waals surface area contributed by atoms with E-state index in [1.165, 1.54) is 17.5 Å². The maximum Gasteiger partial charge on any atom is 0.337 e. The van der Waals surface area contributed by atoms with Gasteiger partial charge in [0, 0.05) is 23.7 Å². The molecule has 0 saturated carbocycles. The molecule has 0 radical (unpaired) electrons. The molecule has 11 nitrogen and oxygen atoms in total. The number of hydrogen-bond donors (Lipinski definition) is 3. The minimum Gasteiger partial charge on any atom is -0.478 e. The summed E-state index contributed by atoms with van der Waals surface area (Å²) in [5.74, 6) is -1.75. The number of aromatic carboxylic acids is 1. The van der Waals surface area contributed by atoms with Crippen LogP contribution >= 0.6 is 0 Å². The maximum absolute atomic E-state index is 14.5. The first-order valence-electron chi connectivity index (χ1n) is 17.3. The number of hydrogen-bond acceptors (Lipinski definition) is 8. The van der Waals surface area contributed by atoms with Crippen molar-refractivity contribution in [3.05, 3.63) is 150 Å². The minimum absolute atomic E-state index is 0.105. The fourth-order valence-electron chi connectivity index (χ4n) is 6.11. The van der Waals surface area contributed by atoms with Crippen LogP contribution in [0.5, 0.6) is 0 Å². The molecule has 12 heteroatoms. The molecule has 0 aliphatic carbocycles. The molecule has 3 N–H and O–H groups in total. The summed E-state index contributed by atoms with van der Waals surface area (Å²) < 4.78 is 40.7. The van der Waals surface area contributed by atoms with Gasteiger partial charge in [-0.3, -0.25) is 9.10 Å². The molecule has 55 heavy (non-hydrogen) atoms. The summed E-state index contributed by atoms with van der Waals surface area (Å²) in [6.45, 7) is 0.972. The van der Waals surface area contributed by atoms with Gasteiger partial charge < -0.3 is 24.6 Å². The molecule has 6 rings (SSSR count). The predicted molar refractivity (Wildman–Crippen MR) is 213 cm³/mol. The number of nitrogens with zero attached hydrogens (tertiary/aromatic N) is 1. The summed E-state index contributed by atoms with van der Waals surface area (Å²) in [5, 5.41) is 13.7. The second-order valence-corrected chi connectivity index (χ2v) is 14.4. The highest BCUT2D eigenvalue weighted by molar-refractivity contribution is 7.93. The first kappa shape index (κ1) is 38.4. The van der Waals surface area contributed by atoms with Gasteiger partial charge in [0.25, 0.3) is 5.91 Å². The lowest BCUT2D eigenvalue weighted by Gasteiger charge is -2.28. The van der Waals surface area contributed by atoms with E-state index in [2.05, 4.69) is 5.32 Å². The first-order valence-corrected chi connectivity index (χ1v) is 18.8. The lowest BCUT2D eigenvalue weighted by Crippen LogP contribution is -2.33. The zero-order chi connectivity index (χ0) is 39.0. The van der Waals surface area contributed by atoms with Crippen LogP contribution in [0.4, 0.5) is 11.4 Å². The second kappa shape index (κ2) is 17.2. The highest BCUT2D eigenvalue weighted by Gasteiger charge is 2.25. The van der Waals surface area contributed by atoms with E-state index in [1.54, 1.807) is 98.1 Å². The smallest absolute Gasteiger partial charge is 0.337 e. The largest absolute Gasteiger partial charge is 0.478 e. The number of methoxy groups -OCH3 is 2. The SMILES string of the molecule is COCCOCCN(c1ccc(C(=O)O)c2ccccc12)S(=N)(=O)c1ccc(-c2ccc(NC(=O)c3ccc(-c4ccc(C(=O)OC)cc4)cc3)cc2)cc1. The summed E-state index contributed by atoms with van der Waals surface area (Å²) in [6.07, 6.45) is 0. The Kier molecular flexibility index (Phi) is 12.0. The van der Waals surface area contributed by atoms with Gasteiger partial charge in [0.1, 0.15) is 0 Å². The Hall–Kier alpha value is -6.34. The van der Waals surface area contributed by atoms with Gasteiger partial charge in [0.15, 0.2) is 9.92 Å². The van der Waals surface area contributed by atoms with Crippen molar-refractivity contribution in [2.24, 2.45) is 0 Å². The van der Waals surface area contributed by atoms with Crippen molar-refractivity contribution in [1.29, 1.82) is 4.78 Å². The quantitative estimate of drug-likeness (QED) is 0.0697. The maximum atomic E-state index is 14.5. The number of fused-ring (bicyclic) bond motifs is 1. The van der Waals surface area contributed by atoms with Crippen molar-refractivity contribution in [1.82, 2.24) is 0 Å².